The summed E-state index contributed by atoms with van der Waals surface area (Å²) in [7, 11) is -1.27. The lowest BCUT2D eigenvalue weighted by atomic mass is 10.2. The molecule has 0 bridgehead atoms. The van der Waals surface area contributed by atoms with Crippen molar-refractivity contribution in [1.82, 2.24) is 14.2 Å². The van der Waals surface area contributed by atoms with Gasteiger partial charge in [-0.15, -0.1) is 0 Å². The molecule has 124 valence electrons. The van der Waals surface area contributed by atoms with Crippen LogP contribution >= 0.6 is 0 Å². The second-order valence-electron chi connectivity index (χ2n) is 5.64. The minimum absolute atomic E-state index is 0.304. The molecule has 0 aliphatic heterocycles. The van der Waals surface area contributed by atoms with Crippen molar-refractivity contribution in [2.24, 2.45) is 0 Å². The number of pyridine rings is 1. The molecule has 0 N–H and O–H groups in total. The van der Waals surface area contributed by atoms with Gasteiger partial charge in [-0.3, -0.25) is 4.98 Å². The Bertz CT molecular complexity index is 690. The Morgan fingerprint density at radius 2 is 1.65 bits per heavy atom. The highest BCUT2D eigenvalue weighted by Crippen LogP contribution is 2.07. The standard InChI is InChI=1S/C17H23N3O2S/c1-19(14-16-8-4-3-5-9-16)12-13-20(23(2,21)22)15-17-10-6-7-11-18-17/h3-11H,12-15H2,1-2H3. The summed E-state index contributed by atoms with van der Waals surface area (Å²) in [4.78, 5) is 6.32. The molecule has 0 spiro atoms. The fourth-order valence-electron chi connectivity index (χ4n) is 2.29. The van der Waals surface area contributed by atoms with Crippen molar-refractivity contribution >= 4 is 10.0 Å². The number of benzene rings is 1. The lowest BCUT2D eigenvalue weighted by molar-refractivity contribution is 0.284. The van der Waals surface area contributed by atoms with Crippen LogP contribution in [0, 0.1) is 0 Å². The summed E-state index contributed by atoms with van der Waals surface area (Å²) in [6, 6.07) is 15.7. The lowest BCUT2D eigenvalue weighted by Crippen LogP contribution is -2.36. The van der Waals surface area contributed by atoms with Crippen molar-refractivity contribution in [2.45, 2.75) is 13.1 Å². The number of aromatic nitrogens is 1. The van der Waals surface area contributed by atoms with Crippen LogP contribution in [0.1, 0.15) is 11.3 Å². The minimum Gasteiger partial charge on any atom is -0.301 e. The number of rotatable bonds is 8. The molecule has 0 atom stereocenters. The monoisotopic (exact) mass is 333 g/mol. The zero-order valence-electron chi connectivity index (χ0n) is 13.6. The predicted molar refractivity (Wildman–Crippen MR) is 92.3 cm³/mol. The summed E-state index contributed by atoms with van der Waals surface area (Å²) < 4.78 is 25.4. The molecule has 1 aromatic carbocycles. The second kappa shape index (κ2) is 8.19. The minimum atomic E-state index is -3.26. The molecule has 6 heteroatoms. The molecule has 0 unspecified atom stereocenters. The summed E-state index contributed by atoms with van der Waals surface area (Å²) >= 11 is 0. The molecule has 0 fully saturated rings. The fourth-order valence-corrected chi connectivity index (χ4v) is 3.07. The Labute approximate surface area is 138 Å². The van der Waals surface area contributed by atoms with Gasteiger partial charge in [0.05, 0.1) is 18.5 Å². The van der Waals surface area contributed by atoms with E-state index in [2.05, 4.69) is 22.0 Å². The van der Waals surface area contributed by atoms with Crippen LogP contribution in [0.2, 0.25) is 0 Å². The van der Waals surface area contributed by atoms with Gasteiger partial charge in [-0.2, -0.15) is 4.31 Å². The van der Waals surface area contributed by atoms with Gasteiger partial charge in [0.25, 0.3) is 0 Å². The van der Waals surface area contributed by atoms with Gasteiger partial charge < -0.3 is 4.90 Å². The zero-order chi connectivity index (χ0) is 16.7. The number of hydrogen-bond acceptors (Lipinski definition) is 4. The molecular weight excluding hydrogens is 310 g/mol. The third kappa shape index (κ3) is 6.09. The van der Waals surface area contributed by atoms with E-state index in [9.17, 15) is 8.42 Å². The summed E-state index contributed by atoms with van der Waals surface area (Å²) in [5.74, 6) is 0. The Balaban J connectivity index is 1.93. The van der Waals surface area contributed by atoms with Crippen LogP contribution in [0.25, 0.3) is 0 Å². The summed E-state index contributed by atoms with van der Waals surface area (Å²) in [6.45, 7) is 2.20. The van der Waals surface area contributed by atoms with Crippen LogP contribution in [0.15, 0.2) is 54.7 Å². The topological polar surface area (TPSA) is 53.5 Å². The van der Waals surface area contributed by atoms with E-state index in [4.69, 9.17) is 0 Å². The van der Waals surface area contributed by atoms with E-state index in [0.29, 0.717) is 19.6 Å². The van der Waals surface area contributed by atoms with Gasteiger partial charge in [0.2, 0.25) is 10.0 Å². The number of hydrogen-bond donors (Lipinski definition) is 0. The summed E-state index contributed by atoms with van der Waals surface area (Å²) in [5, 5.41) is 0. The number of sulfonamides is 1. The van der Waals surface area contributed by atoms with Crippen molar-refractivity contribution < 1.29 is 8.42 Å². The molecule has 0 saturated heterocycles. The quantitative estimate of drug-likeness (QED) is 0.741. The van der Waals surface area contributed by atoms with Crippen LogP contribution in [0.3, 0.4) is 0 Å². The molecule has 5 nitrogen and oxygen atoms in total. The maximum absolute atomic E-state index is 12.0. The predicted octanol–water partition coefficient (Wildman–Crippen LogP) is 1.98. The van der Waals surface area contributed by atoms with E-state index in [1.807, 2.05) is 43.4 Å². The molecule has 0 saturated carbocycles. The maximum atomic E-state index is 12.0. The average molecular weight is 333 g/mol. The molecule has 0 amide bonds. The smallest absolute Gasteiger partial charge is 0.211 e. The molecule has 2 aromatic rings. The van der Waals surface area contributed by atoms with Gasteiger partial charge in [0, 0.05) is 25.8 Å². The van der Waals surface area contributed by atoms with Gasteiger partial charge >= 0.3 is 0 Å². The Hall–Kier alpha value is -1.76. The fraction of sp³-hybridized carbons (Fsp3) is 0.353. The van der Waals surface area contributed by atoms with Crippen LogP contribution in [0.5, 0.6) is 0 Å². The second-order valence-corrected chi connectivity index (χ2v) is 7.62. The first-order valence-electron chi connectivity index (χ1n) is 7.52. The van der Waals surface area contributed by atoms with Crippen LogP contribution in [-0.4, -0.2) is 49.0 Å². The largest absolute Gasteiger partial charge is 0.301 e. The van der Waals surface area contributed by atoms with Crippen LogP contribution in [0.4, 0.5) is 0 Å². The van der Waals surface area contributed by atoms with Crippen molar-refractivity contribution in [3.05, 3.63) is 66.0 Å². The first-order chi connectivity index (χ1) is 10.9. The third-order valence-electron chi connectivity index (χ3n) is 3.56. The molecule has 1 heterocycles. The van der Waals surface area contributed by atoms with Gasteiger partial charge in [-0.05, 0) is 24.7 Å². The Morgan fingerprint density at radius 1 is 0.957 bits per heavy atom. The number of likely N-dealkylation sites (N-methyl/N-ethyl adjacent to an activating group) is 1. The molecular formula is C17H23N3O2S. The first kappa shape index (κ1) is 17.6. The van der Waals surface area contributed by atoms with E-state index in [1.165, 1.54) is 16.1 Å². The lowest BCUT2D eigenvalue weighted by Gasteiger charge is -2.23. The molecule has 0 aliphatic carbocycles. The molecule has 2 rings (SSSR count). The Morgan fingerprint density at radius 3 is 2.26 bits per heavy atom. The molecule has 1 aromatic heterocycles. The van der Waals surface area contributed by atoms with Crippen molar-refractivity contribution in [3.63, 3.8) is 0 Å². The SMILES string of the molecule is CN(CCN(Cc1ccccn1)S(C)(=O)=O)Cc1ccccc1. The highest BCUT2D eigenvalue weighted by molar-refractivity contribution is 7.88. The summed E-state index contributed by atoms with van der Waals surface area (Å²) in [6.07, 6.45) is 2.92. The van der Waals surface area contributed by atoms with Gasteiger partial charge in [-0.1, -0.05) is 36.4 Å². The van der Waals surface area contributed by atoms with E-state index >= 15 is 0 Å². The van der Waals surface area contributed by atoms with E-state index in [0.717, 1.165) is 12.2 Å². The average Bonchev–Trinajstić information content (AvgIpc) is 2.52. The van der Waals surface area contributed by atoms with Gasteiger partial charge in [0.15, 0.2) is 0 Å². The van der Waals surface area contributed by atoms with Crippen LogP contribution < -0.4 is 0 Å². The Kier molecular flexibility index (Phi) is 6.27. The van der Waals surface area contributed by atoms with Crippen molar-refractivity contribution in [1.29, 1.82) is 0 Å². The first-order valence-corrected chi connectivity index (χ1v) is 9.37. The molecule has 0 radical (unpaired) electrons. The molecule has 0 aliphatic rings. The third-order valence-corrected chi connectivity index (χ3v) is 4.81. The van der Waals surface area contributed by atoms with E-state index in [1.54, 1.807) is 6.20 Å². The van der Waals surface area contributed by atoms with E-state index < -0.39 is 10.0 Å². The van der Waals surface area contributed by atoms with Crippen molar-refractivity contribution in [2.75, 3.05) is 26.4 Å². The normalized spacial score (nSPS) is 12.0. The van der Waals surface area contributed by atoms with Gasteiger partial charge in [0.1, 0.15) is 0 Å². The van der Waals surface area contributed by atoms with Crippen molar-refractivity contribution in [3.8, 4) is 0 Å². The maximum Gasteiger partial charge on any atom is 0.211 e. The number of nitrogens with zero attached hydrogens (tertiary/aromatic N) is 3. The van der Waals surface area contributed by atoms with E-state index in [-0.39, 0.29) is 0 Å². The van der Waals surface area contributed by atoms with Crippen LogP contribution in [-0.2, 0) is 23.1 Å². The van der Waals surface area contributed by atoms with Gasteiger partial charge in [-0.25, -0.2) is 8.42 Å². The zero-order valence-corrected chi connectivity index (χ0v) is 14.4. The highest BCUT2D eigenvalue weighted by atomic mass is 32.2. The summed E-state index contributed by atoms with van der Waals surface area (Å²) in [5.41, 5.74) is 1.97. The molecule has 23 heavy (non-hydrogen) atoms. The highest BCUT2D eigenvalue weighted by Gasteiger charge is 2.18.